The lowest BCUT2D eigenvalue weighted by atomic mass is 9.94. The normalized spacial score (nSPS) is 14.9. The number of hydrogen-bond donors (Lipinski definition) is 2. The Hall–Kier alpha value is -3.41. The molecule has 0 saturated heterocycles. The van der Waals surface area contributed by atoms with Crippen LogP contribution >= 0.6 is 0 Å². The maximum Gasteiger partial charge on any atom is 0.416 e. The van der Waals surface area contributed by atoms with Gasteiger partial charge in [0.1, 0.15) is 23.5 Å². The predicted molar refractivity (Wildman–Crippen MR) is 93.0 cm³/mol. The second-order valence-corrected chi connectivity index (χ2v) is 6.91. The van der Waals surface area contributed by atoms with E-state index in [-0.39, 0.29) is 36.4 Å². The minimum absolute atomic E-state index is 0.0300. The molecule has 2 rings (SSSR count). The van der Waals surface area contributed by atoms with Gasteiger partial charge in [0.2, 0.25) is 0 Å². The van der Waals surface area contributed by atoms with Crippen LogP contribution in [0.25, 0.3) is 5.76 Å². The fourth-order valence-corrected chi connectivity index (χ4v) is 2.79. The SMILES string of the molecule is N#C/C(=C(/O)c1cc(C(F)(F)F)cc(C(F)(F)F)c1)C(O)c1cc(C(F)(F)F)cc(C(F)(F)F)c1. The van der Waals surface area contributed by atoms with Crippen molar-refractivity contribution in [2.45, 2.75) is 30.8 Å². The van der Waals surface area contributed by atoms with Gasteiger partial charge in [0.25, 0.3) is 0 Å². The van der Waals surface area contributed by atoms with Crippen molar-refractivity contribution in [2.24, 2.45) is 0 Å². The van der Waals surface area contributed by atoms with Crippen molar-refractivity contribution in [3.8, 4) is 6.07 Å². The number of benzene rings is 2. The fraction of sp³-hybridized carbons (Fsp3) is 0.250. The van der Waals surface area contributed by atoms with Gasteiger partial charge in [-0.25, -0.2) is 0 Å². The van der Waals surface area contributed by atoms with Crippen LogP contribution in [-0.2, 0) is 24.7 Å². The average Bonchev–Trinajstić information content (AvgIpc) is 2.70. The summed E-state index contributed by atoms with van der Waals surface area (Å²) in [4.78, 5) is 0. The molecule has 2 aromatic rings. The van der Waals surface area contributed by atoms with Crippen molar-refractivity contribution in [1.29, 1.82) is 5.26 Å². The number of nitriles is 1. The lowest BCUT2D eigenvalue weighted by Crippen LogP contribution is -2.14. The highest BCUT2D eigenvalue weighted by atomic mass is 19.4. The van der Waals surface area contributed by atoms with E-state index in [2.05, 4.69) is 0 Å². The van der Waals surface area contributed by atoms with Crippen LogP contribution in [0.3, 0.4) is 0 Å². The quantitative estimate of drug-likeness (QED) is 0.252. The molecule has 1 unspecified atom stereocenters. The summed E-state index contributed by atoms with van der Waals surface area (Å²) in [6.45, 7) is 0. The van der Waals surface area contributed by atoms with Gasteiger partial charge in [0, 0.05) is 5.56 Å². The van der Waals surface area contributed by atoms with E-state index in [1.165, 1.54) is 0 Å². The summed E-state index contributed by atoms with van der Waals surface area (Å²) in [6.07, 6.45) is -24.3. The van der Waals surface area contributed by atoms with Gasteiger partial charge in [-0.15, -0.1) is 0 Å². The molecular weight excluding hydrogens is 514 g/mol. The molecule has 0 bridgehead atoms. The standard InChI is InChI=1S/C20H9F12NO2/c21-17(22,23)10-1-8(2-11(5-10)18(24,25)26)15(34)14(7-33)16(35)9-3-12(19(27,28)29)6-13(4-9)20(30,31)32/h1-6,15,34-35H/b16-14-. The molecule has 3 nitrogen and oxygen atoms in total. The largest absolute Gasteiger partial charge is 0.506 e. The van der Waals surface area contributed by atoms with Crippen LogP contribution < -0.4 is 0 Å². The highest BCUT2D eigenvalue weighted by molar-refractivity contribution is 5.68. The number of alkyl halides is 12. The molecule has 35 heavy (non-hydrogen) atoms. The number of aliphatic hydroxyl groups excluding tert-OH is 2. The third-order valence-electron chi connectivity index (χ3n) is 4.44. The molecule has 2 aromatic carbocycles. The molecule has 0 heterocycles. The van der Waals surface area contributed by atoms with Crippen molar-refractivity contribution >= 4 is 5.76 Å². The summed E-state index contributed by atoms with van der Waals surface area (Å²) in [6, 6.07) is 0.162. The monoisotopic (exact) mass is 523 g/mol. The van der Waals surface area contributed by atoms with Gasteiger partial charge in [-0.3, -0.25) is 0 Å². The minimum Gasteiger partial charge on any atom is -0.506 e. The molecule has 0 aliphatic rings. The summed E-state index contributed by atoms with van der Waals surface area (Å²) >= 11 is 0. The number of rotatable bonds is 3. The van der Waals surface area contributed by atoms with E-state index in [0.29, 0.717) is 0 Å². The summed E-state index contributed by atoms with van der Waals surface area (Å²) in [5.74, 6) is -1.73. The van der Waals surface area contributed by atoms with Gasteiger partial charge >= 0.3 is 24.7 Å². The molecule has 0 aliphatic carbocycles. The minimum atomic E-state index is -5.38. The van der Waals surface area contributed by atoms with Gasteiger partial charge in [-0.1, -0.05) is 0 Å². The number of nitrogens with zero attached hydrogens (tertiary/aromatic N) is 1. The molecule has 2 N–H and O–H groups in total. The number of hydrogen-bond acceptors (Lipinski definition) is 3. The van der Waals surface area contributed by atoms with E-state index in [0.717, 1.165) is 6.07 Å². The first-order valence-corrected chi connectivity index (χ1v) is 8.76. The molecular formula is C20H9F12NO2. The first-order chi connectivity index (χ1) is 15.7. The smallest absolute Gasteiger partial charge is 0.416 e. The predicted octanol–water partition coefficient (Wildman–Crippen LogP) is 7.29. The maximum absolute atomic E-state index is 13.0. The zero-order valence-corrected chi connectivity index (χ0v) is 16.4. The van der Waals surface area contributed by atoms with E-state index in [4.69, 9.17) is 0 Å². The topological polar surface area (TPSA) is 64.2 Å². The van der Waals surface area contributed by atoms with Crippen LogP contribution in [0.4, 0.5) is 52.7 Å². The molecule has 0 amide bonds. The summed E-state index contributed by atoms with van der Waals surface area (Å²) in [5.41, 5.74) is -11.9. The van der Waals surface area contributed by atoms with E-state index < -0.39 is 75.5 Å². The summed E-state index contributed by atoms with van der Waals surface area (Å²) in [7, 11) is 0. The average molecular weight is 523 g/mol. The van der Waals surface area contributed by atoms with Crippen molar-refractivity contribution in [2.75, 3.05) is 0 Å². The Morgan fingerprint density at radius 3 is 1.23 bits per heavy atom. The second kappa shape index (κ2) is 8.99. The number of aliphatic hydroxyl groups is 2. The summed E-state index contributed by atoms with van der Waals surface area (Å²) in [5, 5.41) is 29.6. The molecule has 0 spiro atoms. The van der Waals surface area contributed by atoms with Crippen molar-refractivity contribution < 1.29 is 62.9 Å². The fourth-order valence-electron chi connectivity index (χ4n) is 2.79. The van der Waals surface area contributed by atoms with Crippen LogP contribution in [-0.4, -0.2) is 10.2 Å². The van der Waals surface area contributed by atoms with E-state index in [9.17, 15) is 68.2 Å². The second-order valence-electron chi connectivity index (χ2n) is 6.91. The van der Waals surface area contributed by atoms with E-state index in [1.807, 2.05) is 0 Å². The van der Waals surface area contributed by atoms with Gasteiger partial charge in [-0.05, 0) is 42.0 Å². The Labute approximate surface area is 187 Å². The Morgan fingerprint density at radius 2 is 0.943 bits per heavy atom. The molecule has 0 aliphatic heterocycles. The van der Waals surface area contributed by atoms with Crippen LogP contribution in [0.1, 0.15) is 39.5 Å². The lowest BCUT2D eigenvalue weighted by Gasteiger charge is -2.18. The number of halogens is 12. The molecule has 15 heteroatoms. The molecule has 0 aromatic heterocycles. The highest BCUT2D eigenvalue weighted by Gasteiger charge is 2.39. The molecule has 1 atom stereocenters. The molecule has 190 valence electrons. The Balaban J connectivity index is 2.78. The van der Waals surface area contributed by atoms with Crippen LogP contribution in [0.15, 0.2) is 42.0 Å². The van der Waals surface area contributed by atoms with Gasteiger partial charge in [0.05, 0.1) is 22.3 Å². The third-order valence-corrected chi connectivity index (χ3v) is 4.44. The van der Waals surface area contributed by atoms with E-state index >= 15 is 0 Å². The Bertz CT molecular complexity index is 1120. The molecule has 0 saturated carbocycles. The van der Waals surface area contributed by atoms with Crippen LogP contribution in [0.2, 0.25) is 0 Å². The molecule has 0 fully saturated rings. The third kappa shape index (κ3) is 6.38. The summed E-state index contributed by atoms with van der Waals surface area (Å²) < 4.78 is 156. The highest BCUT2D eigenvalue weighted by Crippen LogP contribution is 2.41. The first kappa shape index (κ1) is 27.8. The maximum atomic E-state index is 13.0. The first-order valence-electron chi connectivity index (χ1n) is 8.76. The van der Waals surface area contributed by atoms with Gasteiger partial charge in [0.15, 0.2) is 0 Å². The van der Waals surface area contributed by atoms with Crippen molar-refractivity contribution in [3.05, 3.63) is 75.4 Å². The molecule has 0 radical (unpaired) electrons. The Morgan fingerprint density at radius 1 is 0.629 bits per heavy atom. The zero-order valence-electron chi connectivity index (χ0n) is 16.4. The van der Waals surface area contributed by atoms with Crippen molar-refractivity contribution in [3.63, 3.8) is 0 Å². The van der Waals surface area contributed by atoms with E-state index in [1.54, 1.807) is 0 Å². The Kier molecular flexibility index (Phi) is 7.15. The van der Waals surface area contributed by atoms with Crippen LogP contribution in [0, 0.1) is 11.3 Å². The van der Waals surface area contributed by atoms with Crippen molar-refractivity contribution in [1.82, 2.24) is 0 Å². The zero-order chi connectivity index (χ0) is 27.1. The van der Waals surface area contributed by atoms with Gasteiger partial charge in [-0.2, -0.15) is 57.9 Å². The van der Waals surface area contributed by atoms with Gasteiger partial charge < -0.3 is 10.2 Å². The lowest BCUT2D eigenvalue weighted by molar-refractivity contribution is -0.144. The van der Waals surface area contributed by atoms with Crippen LogP contribution in [0.5, 0.6) is 0 Å².